The van der Waals surface area contributed by atoms with Gasteiger partial charge in [-0.25, -0.2) is 0 Å². The van der Waals surface area contributed by atoms with Crippen LogP contribution in [0.25, 0.3) is 0 Å². The van der Waals surface area contributed by atoms with Crippen molar-refractivity contribution in [3.05, 3.63) is 38.9 Å². The van der Waals surface area contributed by atoms with E-state index in [1.54, 1.807) is 4.90 Å². The number of amides is 1. The molecule has 5 nitrogen and oxygen atoms in total. The average molecular weight is 362 g/mol. The number of nitrogens with zero attached hydrogens (tertiary/aromatic N) is 2. The first-order chi connectivity index (χ1) is 9.40. The van der Waals surface area contributed by atoms with Crippen LogP contribution in [-0.4, -0.2) is 33.6 Å². The Labute approximate surface area is 130 Å². The number of benzene rings is 1. The zero-order valence-corrected chi connectivity index (χ0v) is 13.2. The molecule has 0 saturated carbocycles. The van der Waals surface area contributed by atoms with Crippen molar-refractivity contribution in [1.82, 2.24) is 4.90 Å². The number of carbonyl (C=O) groups is 1. The molecular weight excluding hydrogens is 348 g/mol. The standard InChI is InChI=1S/C13H14BrClN2O3/c1-8-4-5-16(7-11(8)14)13(18)10-6-9(15)2-3-12(10)17(19)20/h2-3,6,8,11H,4-5,7H2,1H3. The summed E-state index contributed by atoms with van der Waals surface area (Å²) in [6, 6.07) is 4.05. The molecule has 1 aromatic rings. The normalized spacial score (nSPS) is 22.6. The molecular formula is C13H14BrClN2O3. The van der Waals surface area contributed by atoms with Gasteiger partial charge in [-0.2, -0.15) is 0 Å². The summed E-state index contributed by atoms with van der Waals surface area (Å²) < 4.78 is 0. The van der Waals surface area contributed by atoms with E-state index in [-0.39, 0.29) is 22.0 Å². The Morgan fingerprint density at radius 2 is 2.25 bits per heavy atom. The zero-order valence-electron chi connectivity index (χ0n) is 10.9. The third-order valence-electron chi connectivity index (χ3n) is 3.54. The molecule has 1 amide bonds. The number of piperidine rings is 1. The van der Waals surface area contributed by atoms with Gasteiger partial charge in [0.05, 0.1) is 4.92 Å². The van der Waals surface area contributed by atoms with Crippen LogP contribution in [0.2, 0.25) is 5.02 Å². The highest BCUT2D eigenvalue weighted by Gasteiger charge is 2.31. The van der Waals surface area contributed by atoms with Crippen LogP contribution in [0.3, 0.4) is 0 Å². The second-order valence-electron chi connectivity index (χ2n) is 4.95. The van der Waals surface area contributed by atoms with Gasteiger partial charge in [-0.1, -0.05) is 34.5 Å². The highest BCUT2D eigenvalue weighted by atomic mass is 79.9. The lowest BCUT2D eigenvalue weighted by Crippen LogP contribution is -2.43. The smallest absolute Gasteiger partial charge is 0.282 e. The molecule has 1 aliphatic rings. The lowest BCUT2D eigenvalue weighted by molar-refractivity contribution is -0.385. The van der Waals surface area contributed by atoms with Crippen molar-refractivity contribution < 1.29 is 9.72 Å². The number of nitro groups is 1. The molecule has 108 valence electrons. The predicted molar refractivity (Wildman–Crippen MR) is 80.5 cm³/mol. The average Bonchev–Trinajstić information content (AvgIpc) is 2.40. The van der Waals surface area contributed by atoms with Crippen molar-refractivity contribution in [3.8, 4) is 0 Å². The fourth-order valence-corrected chi connectivity index (χ4v) is 3.00. The highest BCUT2D eigenvalue weighted by molar-refractivity contribution is 9.09. The van der Waals surface area contributed by atoms with Crippen molar-refractivity contribution in [3.63, 3.8) is 0 Å². The van der Waals surface area contributed by atoms with E-state index in [1.807, 2.05) is 0 Å². The quantitative estimate of drug-likeness (QED) is 0.460. The van der Waals surface area contributed by atoms with E-state index >= 15 is 0 Å². The fraction of sp³-hybridized carbons (Fsp3) is 0.462. The molecule has 1 fully saturated rings. The highest BCUT2D eigenvalue weighted by Crippen LogP contribution is 2.28. The van der Waals surface area contributed by atoms with Crippen molar-refractivity contribution in [2.75, 3.05) is 13.1 Å². The maximum absolute atomic E-state index is 12.5. The summed E-state index contributed by atoms with van der Waals surface area (Å²) in [5.41, 5.74) is -0.152. The van der Waals surface area contributed by atoms with Crippen LogP contribution < -0.4 is 0 Å². The molecule has 0 spiro atoms. The van der Waals surface area contributed by atoms with E-state index in [0.29, 0.717) is 24.0 Å². The van der Waals surface area contributed by atoms with Gasteiger partial charge in [-0.15, -0.1) is 0 Å². The fourth-order valence-electron chi connectivity index (χ4n) is 2.22. The van der Waals surface area contributed by atoms with E-state index in [4.69, 9.17) is 11.6 Å². The molecule has 1 saturated heterocycles. The Bertz CT molecular complexity index is 552. The number of carbonyl (C=O) groups excluding carboxylic acids is 1. The number of hydrogen-bond acceptors (Lipinski definition) is 3. The molecule has 1 aliphatic heterocycles. The second kappa shape index (κ2) is 6.10. The molecule has 2 rings (SSSR count). The summed E-state index contributed by atoms with van der Waals surface area (Å²) in [6.45, 7) is 3.26. The van der Waals surface area contributed by atoms with Crippen LogP contribution in [0.4, 0.5) is 5.69 Å². The molecule has 1 aromatic carbocycles. The number of nitro benzene ring substituents is 1. The maximum atomic E-state index is 12.5. The number of halogens is 2. The van der Waals surface area contributed by atoms with E-state index in [1.165, 1.54) is 18.2 Å². The minimum Gasteiger partial charge on any atom is -0.337 e. The topological polar surface area (TPSA) is 63.5 Å². The molecule has 0 N–H and O–H groups in total. The summed E-state index contributed by atoms with van der Waals surface area (Å²) >= 11 is 9.40. The number of hydrogen-bond donors (Lipinski definition) is 0. The third kappa shape index (κ3) is 3.12. The second-order valence-corrected chi connectivity index (χ2v) is 6.56. The molecule has 0 bridgehead atoms. The third-order valence-corrected chi connectivity index (χ3v) is 4.97. The minimum absolute atomic E-state index is 0.0525. The Kier molecular flexibility index (Phi) is 4.65. The molecule has 7 heteroatoms. The summed E-state index contributed by atoms with van der Waals surface area (Å²) in [7, 11) is 0. The summed E-state index contributed by atoms with van der Waals surface area (Å²) in [5, 5.41) is 11.3. The van der Waals surface area contributed by atoms with Crippen LogP contribution in [0, 0.1) is 16.0 Å². The van der Waals surface area contributed by atoms with Crippen molar-refractivity contribution >= 4 is 39.1 Å². The van der Waals surface area contributed by atoms with Crippen LogP contribution in [0.1, 0.15) is 23.7 Å². The lowest BCUT2D eigenvalue weighted by Gasteiger charge is -2.34. The molecule has 0 radical (unpaired) electrons. The van der Waals surface area contributed by atoms with E-state index in [0.717, 1.165) is 6.42 Å². The molecule has 1 heterocycles. The Hall–Kier alpha value is -1.14. The van der Waals surface area contributed by atoms with Gasteiger partial charge in [0.1, 0.15) is 5.56 Å². The van der Waals surface area contributed by atoms with Crippen molar-refractivity contribution in [2.24, 2.45) is 5.92 Å². The van der Waals surface area contributed by atoms with E-state index < -0.39 is 4.92 Å². The predicted octanol–water partition coefficient (Wildman–Crippen LogP) is 3.49. The van der Waals surface area contributed by atoms with Gasteiger partial charge >= 0.3 is 0 Å². The molecule has 0 aromatic heterocycles. The minimum atomic E-state index is -0.554. The van der Waals surface area contributed by atoms with Gasteiger partial charge in [0.15, 0.2) is 0 Å². The molecule has 2 atom stereocenters. The van der Waals surface area contributed by atoms with Gasteiger partial charge in [0, 0.05) is 29.0 Å². The Morgan fingerprint density at radius 1 is 1.55 bits per heavy atom. The largest absolute Gasteiger partial charge is 0.337 e. The summed E-state index contributed by atoms with van der Waals surface area (Å²) in [4.78, 5) is 24.8. The van der Waals surface area contributed by atoms with Crippen LogP contribution >= 0.6 is 27.5 Å². The molecule has 20 heavy (non-hydrogen) atoms. The molecule has 2 unspecified atom stereocenters. The van der Waals surface area contributed by atoms with Crippen LogP contribution in [0.5, 0.6) is 0 Å². The summed E-state index contributed by atoms with van der Waals surface area (Å²) in [5.74, 6) is 0.143. The maximum Gasteiger partial charge on any atom is 0.282 e. The SMILES string of the molecule is CC1CCN(C(=O)c2cc(Cl)ccc2[N+](=O)[O-])CC1Br. The zero-order chi connectivity index (χ0) is 14.9. The van der Waals surface area contributed by atoms with Gasteiger partial charge in [-0.3, -0.25) is 14.9 Å². The van der Waals surface area contributed by atoms with E-state index in [9.17, 15) is 14.9 Å². The number of likely N-dealkylation sites (tertiary alicyclic amines) is 1. The van der Waals surface area contributed by atoms with Gasteiger partial charge in [0.25, 0.3) is 11.6 Å². The van der Waals surface area contributed by atoms with Gasteiger partial charge in [-0.05, 0) is 24.5 Å². The van der Waals surface area contributed by atoms with Crippen LogP contribution in [-0.2, 0) is 0 Å². The monoisotopic (exact) mass is 360 g/mol. The number of rotatable bonds is 2. The Morgan fingerprint density at radius 3 is 2.85 bits per heavy atom. The number of alkyl halides is 1. The van der Waals surface area contributed by atoms with Crippen molar-refractivity contribution in [2.45, 2.75) is 18.2 Å². The van der Waals surface area contributed by atoms with Gasteiger partial charge < -0.3 is 4.90 Å². The van der Waals surface area contributed by atoms with Gasteiger partial charge in [0.2, 0.25) is 0 Å². The summed E-state index contributed by atoms with van der Waals surface area (Å²) in [6.07, 6.45) is 0.871. The first-order valence-corrected chi connectivity index (χ1v) is 7.56. The van der Waals surface area contributed by atoms with E-state index in [2.05, 4.69) is 22.9 Å². The molecule has 0 aliphatic carbocycles. The lowest BCUT2D eigenvalue weighted by atomic mass is 9.98. The van der Waals surface area contributed by atoms with Crippen molar-refractivity contribution in [1.29, 1.82) is 0 Å². The first kappa shape index (κ1) is 15.3. The van der Waals surface area contributed by atoms with Crippen LogP contribution in [0.15, 0.2) is 18.2 Å². The first-order valence-electron chi connectivity index (χ1n) is 6.27. The Balaban J connectivity index is 2.29.